The van der Waals surface area contributed by atoms with Crippen LogP contribution in [0.5, 0.6) is 0 Å². The Morgan fingerprint density at radius 1 is 1.23 bits per heavy atom. The number of aromatic nitrogens is 6. The number of benzene rings is 1. The molecule has 3 heterocycles. The first-order chi connectivity index (χ1) is 10.9. The first kappa shape index (κ1) is 12.9. The molecule has 0 saturated heterocycles. The molecule has 22 heavy (non-hydrogen) atoms. The molecule has 0 bridgehead atoms. The van der Waals surface area contributed by atoms with Crippen LogP contribution in [0, 0.1) is 0 Å². The van der Waals surface area contributed by atoms with Gasteiger partial charge in [-0.2, -0.15) is 5.10 Å². The van der Waals surface area contributed by atoms with Crippen molar-refractivity contribution in [3.63, 3.8) is 0 Å². The maximum atomic E-state index is 4.44. The third-order valence-electron chi connectivity index (χ3n) is 3.33. The summed E-state index contributed by atoms with van der Waals surface area (Å²) < 4.78 is 8.02. The fraction of sp³-hybridized carbons (Fsp3) is 0.0667. The molecule has 0 amide bonds. The smallest absolute Gasteiger partial charge is 0.146 e. The van der Waals surface area contributed by atoms with E-state index in [1.807, 2.05) is 23.8 Å². The van der Waals surface area contributed by atoms with Crippen molar-refractivity contribution in [2.24, 2.45) is 0 Å². The predicted molar refractivity (Wildman–Crippen MR) is 83.8 cm³/mol. The highest BCUT2D eigenvalue weighted by Gasteiger charge is 2.09. The minimum Gasteiger partial charge on any atom is -0.300 e. The quantitative estimate of drug-likeness (QED) is 0.581. The van der Waals surface area contributed by atoms with Crippen molar-refractivity contribution in [3.05, 3.63) is 66.5 Å². The van der Waals surface area contributed by atoms with Gasteiger partial charge in [-0.3, -0.25) is 4.57 Å². The Hall–Kier alpha value is -2.80. The van der Waals surface area contributed by atoms with Crippen molar-refractivity contribution in [2.75, 3.05) is 0 Å². The molecule has 108 valence electrons. The Balaban J connectivity index is 1.70. The van der Waals surface area contributed by atoms with Crippen molar-refractivity contribution in [1.82, 2.24) is 28.7 Å². The van der Waals surface area contributed by atoms with Crippen LogP contribution in [0.25, 0.3) is 17.1 Å². The molecule has 0 atom stereocenters. The molecule has 0 fully saturated rings. The topological polar surface area (TPSA) is 61.4 Å². The number of rotatable bonds is 4. The molecule has 4 aromatic rings. The molecule has 0 aliphatic carbocycles. The molecule has 0 aliphatic rings. The molecule has 4 rings (SSSR count). The van der Waals surface area contributed by atoms with Gasteiger partial charge in [0.2, 0.25) is 0 Å². The van der Waals surface area contributed by atoms with Crippen LogP contribution >= 0.6 is 11.5 Å². The molecule has 0 aliphatic heterocycles. The highest BCUT2D eigenvalue weighted by Crippen LogP contribution is 2.22. The van der Waals surface area contributed by atoms with Gasteiger partial charge in [-0.25, -0.2) is 19.0 Å². The lowest BCUT2D eigenvalue weighted by molar-refractivity contribution is 0.684. The van der Waals surface area contributed by atoms with Crippen LogP contribution in [0.2, 0.25) is 0 Å². The Morgan fingerprint density at radius 3 is 3.05 bits per heavy atom. The lowest BCUT2D eigenvalue weighted by atomic mass is 10.2. The van der Waals surface area contributed by atoms with E-state index < -0.39 is 0 Å². The summed E-state index contributed by atoms with van der Waals surface area (Å²) in [6.45, 7) is 0.692. The van der Waals surface area contributed by atoms with E-state index in [0.29, 0.717) is 6.54 Å². The predicted octanol–water partition coefficient (Wildman–Crippen LogP) is 2.64. The lowest BCUT2D eigenvalue weighted by Crippen LogP contribution is -2.02. The van der Waals surface area contributed by atoms with Gasteiger partial charge in [-0.05, 0) is 29.2 Å². The van der Waals surface area contributed by atoms with Gasteiger partial charge < -0.3 is 0 Å². The van der Waals surface area contributed by atoms with E-state index in [0.717, 1.165) is 22.6 Å². The van der Waals surface area contributed by atoms with Crippen LogP contribution in [0.3, 0.4) is 0 Å². The van der Waals surface area contributed by atoms with Gasteiger partial charge >= 0.3 is 0 Å². The molecule has 0 unspecified atom stereocenters. The van der Waals surface area contributed by atoms with E-state index in [4.69, 9.17) is 0 Å². The van der Waals surface area contributed by atoms with Crippen molar-refractivity contribution in [1.29, 1.82) is 0 Å². The van der Waals surface area contributed by atoms with Gasteiger partial charge in [0.25, 0.3) is 0 Å². The lowest BCUT2D eigenvalue weighted by Gasteiger charge is -2.09. The van der Waals surface area contributed by atoms with Crippen molar-refractivity contribution in [2.45, 2.75) is 6.54 Å². The Labute approximate surface area is 130 Å². The third kappa shape index (κ3) is 2.42. The molecule has 6 nitrogen and oxygen atoms in total. The largest absolute Gasteiger partial charge is 0.300 e. The summed E-state index contributed by atoms with van der Waals surface area (Å²) >= 11 is 1.43. The zero-order valence-electron chi connectivity index (χ0n) is 11.6. The SMILES string of the molecule is c1cc(Cn2cncn2)cc(-n2ccnc2-c2cnsc2)c1. The van der Waals surface area contributed by atoms with E-state index in [-0.39, 0.29) is 0 Å². The zero-order valence-corrected chi connectivity index (χ0v) is 12.4. The molecule has 0 radical (unpaired) electrons. The number of hydrogen-bond acceptors (Lipinski definition) is 5. The maximum absolute atomic E-state index is 4.44. The zero-order chi connectivity index (χ0) is 14.8. The molecular weight excluding hydrogens is 296 g/mol. The fourth-order valence-electron chi connectivity index (χ4n) is 2.35. The van der Waals surface area contributed by atoms with Crippen LogP contribution in [-0.4, -0.2) is 28.7 Å². The first-order valence-electron chi connectivity index (χ1n) is 6.75. The summed E-state index contributed by atoms with van der Waals surface area (Å²) in [5.41, 5.74) is 3.25. The van der Waals surface area contributed by atoms with Gasteiger partial charge in [0.15, 0.2) is 0 Å². The number of hydrogen-bond donors (Lipinski definition) is 0. The average Bonchev–Trinajstić information content (AvgIpc) is 3.29. The Morgan fingerprint density at radius 2 is 2.23 bits per heavy atom. The molecule has 3 aromatic heterocycles. The molecule has 1 aromatic carbocycles. The van der Waals surface area contributed by atoms with Crippen molar-refractivity contribution >= 4 is 11.5 Å². The maximum Gasteiger partial charge on any atom is 0.146 e. The number of imidazole rings is 1. The molecule has 0 spiro atoms. The summed E-state index contributed by atoms with van der Waals surface area (Å²) in [6.07, 6.45) is 8.86. The minimum atomic E-state index is 0.692. The Kier molecular flexibility index (Phi) is 3.24. The third-order valence-corrected chi connectivity index (χ3v) is 3.92. The van der Waals surface area contributed by atoms with E-state index in [2.05, 4.69) is 42.2 Å². The summed E-state index contributed by atoms with van der Waals surface area (Å²) in [5.74, 6) is 0.895. The fourth-order valence-corrected chi connectivity index (χ4v) is 2.86. The van der Waals surface area contributed by atoms with Crippen LogP contribution in [-0.2, 0) is 6.54 Å². The second-order valence-corrected chi connectivity index (χ2v) is 5.45. The van der Waals surface area contributed by atoms with Crippen LogP contribution < -0.4 is 0 Å². The highest BCUT2D eigenvalue weighted by molar-refractivity contribution is 7.03. The summed E-state index contributed by atoms with van der Waals surface area (Å²) in [5, 5.41) is 6.14. The Bertz CT molecular complexity index is 863. The van der Waals surface area contributed by atoms with E-state index in [1.54, 1.807) is 23.5 Å². The average molecular weight is 308 g/mol. The van der Waals surface area contributed by atoms with Crippen LogP contribution in [0.1, 0.15) is 5.56 Å². The van der Waals surface area contributed by atoms with E-state index >= 15 is 0 Å². The number of nitrogens with zero attached hydrogens (tertiary/aromatic N) is 6. The van der Waals surface area contributed by atoms with Gasteiger partial charge in [-0.15, -0.1) is 0 Å². The highest BCUT2D eigenvalue weighted by atomic mass is 32.1. The second kappa shape index (κ2) is 5.53. The molecule has 0 saturated carbocycles. The van der Waals surface area contributed by atoms with Gasteiger partial charge in [0, 0.05) is 29.0 Å². The van der Waals surface area contributed by atoms with Gasteiger partial charge in [0.1, 0.15) is 18.5 Å². The van der Waals surface area contributed by atoms with Crippen LogP contribution in [0.4, 0.5) is 0 Å². The minimum absolute atomic E-state index is 0.692. The van der Waals surface area contributed by atoms with E-state index in [1.165, 1.54) is 11.5 Å². The first-order valence-corrected chi connectivity index (χ1v) is 7.58. The summed E-state index contributed by atoms with van der Waals surface area (Å²) in [4.78, 5) is 8.41. The molecular formula is C15H12N6S. The monoisotopic (exact) mass is 308 g/mol. The van der Waals surface area contributed by atoms with Crippen LogP contribution in [0.15, 0.2) is 60.9 Å². The van der Waals surface area contributed by atoms with E-state index in [9.17, 15) is 0 Å². The second-order valence-electron chi connectivity index (χ2n) is 4.80. The molecule has 0 N–H and O–H groups in total. The summed E-state index contributed by atoms with van der Waals surface area (Å²) in [6, 6.07) is 8.31. The van der Waals surface area contributed by atoms with Crippen molar-refractivity contribution < 1.29 is 0 Å². The molecule has 7 heteroatoms. The standard InChI is InChI=1S/C15H12N6S/c1-2-12(8-20-11-16-10-18-20)6-14(3-1)21-5-4-17-15(21)13-7-19-22-9-13/h1-7,9-11H,8H2. The van der Waals surface area contributed by atoms with Gasteiger partial charge in [-0.1, -0.05) is 12.1 Å². The normalized spacial score (nSPS) is 10.9. The van der Waals surface area contributed by atoms with Crippen molar-refractivity contribution in [3.8, 4) is 17.1 Å². The summed E-state index contributed by atoms with van der Waals surface area (Å²) in [7, 11) is 0. The van der Waals surface area contributed by atoms with Gasteiger partial charge in [0.05, 0.1) is 12.7 Å².